The lowest BCUT2D eigenvalue weighted by Gasteiger charge is -2.21. The van der Waals surface area contributed by atoms with Crippen molar-refractivity contribution in [3.63, 3.8) is 0 Å². The van der Waals surface area contributed by atoms with E-state index in [1.165, 1.54) is 0 Å². The van der Waals surface area contributed by atoms with Gasteiger partial charge in [-0.05, 0) is 13.3 Å². The fourth-order valence-electron chi connectivity index (χ4n) is 0.656. The molecule has 0 aromatic carbocycles. The first kappa shape index (κ1) is 13.4. The van der Waals surface area contributed by atoms with Gasteiger partial charge in [0, 0.05) is 0 Å². The second-order valence-electron chi connectivity index (χ2n) is 3.40. The van der Waals surface area contributed by atoms with Crippen LogP contribution >= 0.6 is 0 Å². The molecule has 0 amide bonds. The Morgan fingerprint density at radius 2 is 1.86 bits per heavy atom. The Labute approximate surface area is 83.3 Å². The maximum atomic E-state index is 10.4. The molecule has 1 atom stereocenters. The number of aliphatic hydroxyl groups is 2. The molecule has 0 saturated carbocycles. The van der Waals surface area contributed by atoms with E-state index in [0.29, 0.717) is 6.10 Å². The molecule has 1 unspecified atom stereocenters. The molecule has 1 heterocycles. The number of rotatable bonds is 4. The van der Waals surface area contributed by atoms with Crippen LogP contribution in [0.15, 0.2) is 0 Å². The van der Waals surface area contributed by atoms with E-state index in [0.717, 1.165) is 6.61 Å². The number of aliphatic carboxylic acids is 1. The molecule has 1 saturated heterocycles. The van der Waals surface area contributed by atoms with Crippen molar-refractivity contribution in [1.82, 2.24) is 0 Å². The van der Waals surface area contributed by atoms with Crippen molar-refractivity contribution >= 4 is 5.97 Å². The standard InChI is InChI=1S/C6H12O4.C3H6O/c1-2-6(3-7,4-8)5(9)10;1-3-2-4-3/h7-8H,2-4H2,1H3,(H,9,10);3H,2H2,1H3. The van der Waals surface area contributed by atoms with Gasteiger partial charge in [0.15, 0.2) is 0 Å². The average molecular weight is 206 g/mol. The van der Waals surface area contributed by atoms with Gasteiger partial charge >= 0.3 is 5.97 Å². The summed E-state index contributed by atoms with van der Waals surface area (Å²) in [5, 5.41) is 25.7. The smallest absolute Gasteiger partial charge is 0.314 e. The molecule has 1 fully saturated rings. The van der Waals surface area contributed by atoms with Crippen LogP contribution in [0.4, 0.5) is 0 Å². The number of hydrogen-bond acceptors (Lipinski definition) is 4. The fourth-order valence-corrected chi connectivity index (χ4v) is 0.656. The van der Waals surface area contributed by atoms with Crippen LogP contribution in [-0.4, -0.2) is 47.2 Å². The quantitative estimate of drug-likeness (QED) is 0.557. The first-order valence-corrected chi connectivity index (χ1v) is 4.59. The average Bonchev–Trinajstić information content (AvgIpc) is 2.92. The van der Waals surface area contributed by atoms with Gasteiger partial charge in [0.05, 0.1) is 25.9 Å². The van der Waals surface area contributed by atoms with E-state index in [1.807, 2.05) is 0 Å². The molecule has 0 spiro atoms. The third-order valence-corrected chi connectivity index (χ3v) is 2.24. The van der Waals surface area contributed by atoms with Crippen molar-refractivity contribution in [1.29, 1.82) is 0 Å². The third kappa shape index (κ3) is 4.04. The van der Waals surface area contributed by atoms with Gasteiger partial charge in [-0.3, -0.25) is 4.79 Å². The van der Waals surface area contributed by atoms with E-state index in [-0.39, 0.29) is 6.42 Å². The summed E-state index contributed by atoms with van der Waals surface area (Å²) in [6.45, 7) is 3.62. The Balaban J connectivity index is 0.000000344. The molecular weight excluding hydrogens is 188 g/mol. The van der Waals surface area contributed by atoms with Crippen LogP contribution in [0.5, 0.6) is 0 Å². The second kappa shape index (κ2) is 5.95. The number of ether oxygens (including phenoxy) is 1. The Bertz CT molecular complexity index is 164. The minimum Gasteiger partial charge on any atom is -0.481 e. The number of epoxide rings is 1. The molecule has 5 heteroatoms. The number of carbonyl (C=O) groups is 1. The van der Waals surface area contributed by atoms with Crippen LogP contribution in [0.1, 0.15) is 20.3 Å². The zero-order valence-corrected chi connectivity index (χ0v) is 8.56. The van der Waals surface area contributed by atoms with Crippen molar-refractivity contribution in [2.45, 2.75) is 26.4 Å². The van der Waals surface area contributed by atoms with Crippen molar-refractivity contribution in [2.24, 2.45) is 5.41 Å². The molecule has 84 valence electrons. The summed E-state index contributed by atoms with van der Waals surface area (Å²) in [5.74, 6) is -1.15. The SMILES string of the molecule is CC1CO1.CCC(CO)(CO)C(=O)O. The van der Waals surface area contributed by atoms with E-state index < -0.39 is 24.6 Å². The highest BCUT2D eigenvalue weighted by molar-refractivity contribution is 5.74. The summed E-state index contributed by atoms with van der Waals surface area (Å²) in [7, 11) is 0. The Morgan fingerprint density at radius 3 is 1.86 bits per heavy atom. The van der Waals surface area contributed by atoms with E-state index in [1.54, 1.807) is 6.92 Å². The molecule has 1 rings (SSSR count). The first-order chi connectivity index (χ1) is 6.52. The second-order valence-corrected chi connectivity index (χ2v) is 3.40. The third-order valence-electron chi connectivity index (χ3n) is 2.24. The minimum absolute atomic E-state index is 0.231. The van der Waals surface area contributed by atoms with Crippen LogP contribution in [0.2, 0.25) is 0 Å². The molecule has 5 nitrogen and oxygen atoms in total. The van der Waals surface area contributed by atoms with Crippen molar-refractivity contribution in [3.8, 4) is 0 Å². The molecule has 0 aromatic heterocycles. The summed E-state index contributed by atoms with van der Waals surface area (Å²) in [6, 6.07) is 0. The molecule has 1 aliphatic rings. The molecule has 0 bridgehead atoms. The molecule has 1 aliphatic heterocycles. The number of aliphatic hydroxyl groups excluding tert-OH is 2. The molecule has 0 radical (unpaired) electrons. The zero-order chi connectivity index (χ0) is 11.2. The molecular formula is C9H18O5. The number of hydrogen-bond donors (Lipinski definition) is 3. The highest BCUT2D eigenvalue weighted by Crippen LogP contribution is 2.19. The molecule has 14 heavy (non-hydrogen) atoms. The summed E-state index contributed by atoms with van der Waals surface area (Å²) in [6.07, 6.45) is 0.815. The van der Waals surface area contributed by atoms with Gasteiger partial charge in [-0.15, -0.1) is 0 Å². The van der Waals surface area contributed by atoms with Gasteiger partial charge in [0.1, 0.15) is 5.41 Å². The Morgan fingerprint density at radius 1 is 1.50 bits per heavy atom. The maximum absolute atomic E-state index is 10.4. The van der Waals surface area contributed by atoms with Crippen LogP contribution in [0, 0.1) is 5.41 Å². The fraction of sp³-hybridized carbons (Fsp3) is 0.889. The summed E-state index contributed by atoms with van der Waals surface area (Å²) in [5.41, 5.74) is -1.35. The summed E-state index contributed by atoms with van der Waals surface area (Å²) < 4.78 is 4.71. The van der Waals surface area contributed by atoms with Gasteiger partial charge in [-0.2, -0.15) is 0 Å². The molecule has 3 N–H and O–H groups in total. The lowest BCUT2D eigenvalue weighted by Crippen LogP contribution is -2.37. The predicted molar refractivity (Wildman–Crippen MR) is 49.9 cm³/mol. The van der Waals surface area contributed by atoms with E-state index in [9.17, 15) is 4.79 Å². The first-order valence-electron chi connectivity index (χ1n) is 4.59. The number of carboxylic acids is 1. The zero-order valence-electron chi connectivity index (χ0n) is 8.56. The van der Waals surface area contributed by atoms with Crippen LogP contribution in [0.25, 0.3) is 0 Å². The normalized spacial score (nSPS) is 19.6. The lowest BCUT2D eigenvalue weighted by atomic mass is 9.87. The highest BCUT2D eigenvalue weighted by Gasteiger charge is 2.35. The van der Waals surface area contributed by atoms with Gasteiger partial charge in [0.2, 0.25) is 0 Å². The van der Waals surface area contributed by atoms with E-state index in [2.05, 4.69) is 6.92 Å². The van der Waals surface area contributed by atoms with Crippen molar-refractivity contribution < 1.29 is 24.9 Å². The van der Waals surface area contributed by atoms with Gasteiger partial charge < -0.3 is 20.1 Å². The monoisotopic (exact) mass is 206 g/mol. The van der Waals surface area contributed by atoms with Crippen LogP contribution < -0.4 is 0 Å². The maximum Gasteiger partial charge on any atom is 0.314 e. The Kier molecular flexibility index (Phi) is 5.68. The van der Waals surface area contributed by atoms with E-state index in [4.69, 9.17) is 20.1 Å². The highest BCUT2D eigenvalue weighted by atomic mass is 16.6. The predicted octanol–water partition coefficient (Wildman–Crippen LogP) is -0.143. The summed E-state index contributed by atoms with van der Waals surface area (Å²) >= 11 is 0. The van der Waals surface area contributed by atoms with Crippen molar-refractivity contribution in [3.05, 3.63) is 0 Å². The van der Waals surface area contributed by atoms with Gasteiger partial charge in [0.25, 0.3) is 0 Å². The van der Waals surface area contributed by atoms with E-state index >= 15 is 0 Å². The number of carboxylic acid groups (broad SMARTS) is 1. The van der Waals surface area contributed by atoms with Crippen LogP contribution in [0.3, 0.4) is 0 Å². The topological polar surface area (TPSA) is 90.3 Å². The largest absolute Gasteiger partial charge is 0.481 e. The minimum atomic E-state index is -1.35. The van der Waals surface area contributed by atoms with Gasteiger partial charge in [-0.1, -0.05) is 6.92 Å². The molecule has 0 aromatic rings. The molecule has 0 aliphatic carbocycles. The van der Waals surface area contributed by atoms with Crippen molar-refractivity contribution in [2.75, 3.05) is 19.8 Å². The van der Waals surface area contributed by atoms with Crippen LogP contribution in [-0.2, 0) is 9.53 Å². The lowest BCUT2D eigenvalue weighted by molar-refractivity contribution is -0.154. The summed E-state index contributed by atoms with van der Waals surface area (Å²) in [4.78, 5) is 10.4. The van der Waals surface area contributed by atoms with Gasteiger partial charge in [-0.25, -0.2) is 0 Å². The Hall–Kier alpha value is -0.650.